The lowest BCUT2D eigenvalue weighted by Gasteiger charge is -2.33. The Kier molecular flexibility index (Phi) is 4.74. The summed E-state index contributed by atoms with van der Waals surface area (Å²) in [6.45, 7) is 4.72. The number of aryl methyl sites for hydroxylation is 1. The van der Waals surface area contributed by atoms with Gasteiger partial charge in [-0.3, -0.25) is 9.59 Å². The van der Waals surface area contributed by atoms with Crippen LogP contribution in [0.2, 0.25) is 0 Å². The Bertz CT molecular complexity index is 709. The number of piperazine rings is 1. The third-order valence-corrected chi connectivity index (χ3v) is 3.85. The molecule has 0 spiro atoms. The van der Waals surface area contributed by atoms with Gasteiger partial charge in [0.15, 0.2) is 0 Å². The van der Waals surface area contributed by atoms with Gasteiger partial charge in [-0.05, 0) is 19.1 Å². The van der Waals surface area contributed by atoms with Gasteiger partial charge in [0.25, 0.3) is 5.91 Å². The maximum atomic E-state index is 12.3. The van der Waals surface area contributed by atoms with Crippen LogP contribution in [0.15, 0.2) is 28.9 Å². The standard InChI is InChI=1S/C16H19N5O3/c1-12-18-14(16(23)17-10-13-3-2-8-24-13)9-15(19-12)21-6-4-20(11-22)5-7-21/h2-3,8-9,11H,4-7,10H2,1H3,(H,17,23). The number of aromatic nitrogens is 2. The number of nitrogens with one attached hydrogen (secondary N) is 1. The predicted molar refractivity (Wildman–Crippen MR) is 86.5 cm³/mol. The van der Waals surface area contributed by atoms with Crippen LogP contribution in [0, 0.1) is 6.92 Å². The maximum absolute atomic E-state index is 12.3. The molecule has 0 aliphatic carbocycles. The lowest BCUT2D eigenvalue weighted by Crippen LogP contribution is -2.46. The van der Waals surface area contributed by atoms with Crippen molar-refractivity contribution in [3.05, 3.63) is 41.7 Å². The molecule has 24 heavy (non-hydrogen) atoms. The van der Waals surface area contributed by atoms with E-state index >= 15 is 0 Å². The van der Waals surface area contributed by atoms with E-state index < -0.39 is 0 Å². The summed E-state index contributed by atoms with van der Waals surface area (Å²) in [7, 11) is 0. The number of rotatable bonds is 5. The van der Waals surface area contributed by atoms with Crippen LogP contribution in [-0.4, -0.2) is 53.4 Å². The van der Waals surface area contributed by atoms with E-state index in [2.05, 4.69) is 20.2 Å². The van der Waals surface area contributed by atoms with Crippen molar-refractivity contribution in [2.75, 3.05) is 31.1 Å². The molecular formula is C16H19N5O3. The Morgan fingerprint density at radius 1 is 1.33 bits per heavy atom. The molecule has 0 saturated carbocycles. The molecule has 2 aromatic heterocycles. The van der Waals surface area contributed by atoms with E-state index in [-0.39, 0.29) is 5.91 Å². The minimum absolute atomic E-state index is 0.273. The number of anilines is 1. The minimum atomic E-state index is -0.273. The summed E-state index contributed by atoms with van der Waals surface area (Å²) in [5.41, 5.74) is 0.321. The van der Waals surface area contributed by atoms with Crippen LogP contribution in [0.25, 0.3) is 0 Å². The first kappa shape index (κ1) is 16.0. The van der Waals surface area contributed by atoms with Crippen molar-refractivity contribution in [3.8, 4) is 0 Å². The van der Waals surface area contributed by atoms with Crippen LogP contribution in [0.4, 0.5) is 5.82 Å². The minimum Gasteiger partial charge on any atom is -0.467 e. The molecule has 126 valence electrons. The summed E-state index contributed by atoms with van der Waals surface area (Å²) in [5.74, 6) is 1.65. The first-order chi connectivity index (χ1) is 11.7. The number of furan rings is 1. The van der Waals surface area contributed by atoms with Gasteiger partial charge in [-0.1, -0.05) is 0 Å². The highest BCUT2D eigenvalue weighted by Gasteiger charge is 2.19. The van der Waals surface area contributed by atoms with E-state index in [1.54, 1.807) is 36.3 Å². The molecule has 1 fully saturated rings. The van der Waals surface area contributed by atoms with Gasteiger partial charge < -0.3 is 19.5 Å². The Hall–Kier alpha value is -2.90. The van der Waals surface area contributed by atoms with Gasteiger partial charge in [-0.15, -0.1) is 0 Å². The first-order valence-electron chi connectivity index (χ1n) is 7.76. The smallest absolute Gasteiger partial charge is 0.270 e. The molecule has 8 heteroatoms. The second-order valence-corrected chi connectivity index (χ2v) is 5.55. The van der Waals surface area contributed by atoms with Crippen molar-refractivity contribution in [1.82, 2.24) is 20.2 Å². The molecule has 3 heterocycles. The van der Waals surface area contributed by atoms with E-state index in [4.69, 9.17) is 4.42 Å². The Morgan fingerprint density at radius 3 is 2.79 bits per heavy atom. The van der Waals surface area contributed by atoms with Crippen LogP contribution < -0.4 is 10.2 Å². The van der Waals surface area contributed by atoms with E-state index in [0.717, 1.165) is 6.41 Å². The molecule has 8 nitrogen and oxygen atoms in total. The van der Waals surface area contributed by atoms with Crippen LogP contribution in [0.1, 0.15) is 22.1 Å². The second kappa shape index (κ2) is 7.12. The van der Waals surface area contributed by atoms with Gasteiger partial charge in [0.1, 0.15) is 23.1 Å². The number of hydrogen-bond acceptors (Lipinski definition) is 6. The topological polar surface area (TPSA) is 91.6 Å². The number of nitrogens with zero attached hydrogens (tertiary/aromatic N) is 4. The molecule has 1 aliphatic rings. The number of hydrogen-bond donors (Lipinski definition) is 1. The summed E-state index contributed by atoms with van der Waals surface area (Å²) >= 11 is 0. The van der Waals surface area contributed by atoms with Crippen LogP contribution in [-0.2, 0) is 11.3 Å². The molecular weight excluding hydrogens is 310 g/mol. The van der Waals surface area contributed by atoms with Gasteiger partial charge in [0.05, 0.1) is 12.8 Å². The van der Waals surface area contributed by atoms with Crippen LogP contribution in [0.5, 0.6) is 0 Å². The zero-order valence-electron chi connectivity index (χ0n) is 13.4. The summed E-state index contributed by atoms with van der Waals surface area (Å²) in [6, 6.07) is 5.25. The third kappa shape index (κ3) is 3.70. The summed E-state index contributed by atoms with van der Waals surface area (Å²) in [4.78, 5) is 35.5. The molecule has 0 unspecified atom stereocenters. The van der Waals surface area contributed by atoms with Crippen molar-refractivity contribution >= 4 is 18.1 Å². The number of carbonyl (C=O) groups is 2. The molecule has 1 saturated heterocycles. The molecule has 1 N–H and O–H groups in total. The Labute approximate surface area is 139 Å². The Morgan fingerprint density at radius 2 is 2.12 bits per heavy atom. The molecule has 2 amide bonds. The molecule has 0 atom stereocenters. The fourth-order valence-corrected chi connectivity index (χ4v) is 2.56. The quantitative estimate of drug-likeness (QED) is 0.807. The van der Waals surface area contributed by atoms with Gasteiger partial charge >= 0.3 is 0 Å². The number of amides is 2. The summed E-state index contributed by atoms with van der Waals surface area (Å²) < 4.78 is 5.19. The van der Waals surface area contributed by atoms with E-state index in [9.17, 15) is 9.59 Å². The lowest BCUT2D eigenvalue weighted by molar-refractivity contribution is -0.118. The van der Waals surface area contributed by atoms with Crippen molar-refractivity contribution in [2.24, 2.45) is 0 Å². The highest BCUT2D eigenvalue weighted by atomic mass is 16.3. The first-order valence-corrected chi connectivity index (χ1v) is 7.76. The molecule has 0 radical (unpaired) electrons. The monoisotopic (exact) mass is 329 g/mol. The van der Waals surface area contributed by atoms with Gasteiger partial charge in [0, 0.05) is 32.2 Å². The average molecular weight is 329 g/mol. The largest absolute Gasteiger partial charge is 0.467 e. The van der Waals surface area contributed by atoms with Gasteiger partial charge in [-0.25, -0.2) is 9.97 Å². The molecule has 1 aliphatic heterocycles. The summed E-state index contributed by atoms with van der Waals surface area (Å²) in [6.07, 6.45) is 2.42. The molecule has 0 bridgehead atoms. The van der Waals surface area contributed by atoms with Crippen molar-refractivity contribution < 1.29 is 14.0 Å². The van der Waals surface area contributed by atoms with Gasteiger partial charge in [0.2, 0.25) is 6.41 Å². The average Bonchev–Trinajstić information content (AvgIpc) is 3.12. The third-order valence-electron chi connectivity index (χ3n) is 3.85. The van der Waals surface area contributed by atoms with Crippen molar-refractivity contribution in [1.29, 1.82) is 0 Å². The van der Waals surface area contributed by atoms with Crippen molar-refractivity contribution in [2.45, 2.75) is 13.5 Å². The SMILES string of the molecule is Cc1nc(C(=O)NCc2ccco2)cc(N2CCN(C=O)CC2)n1. The maximum Gasteiger partial charge on any atom is 0.270 e. The van der Waals surface area contributed by atoms with Crippen LogP contribution >= 0.6 is 0 Å². The molecule has 3 rings (SSSR count). The van der Waals surface area contributed by atoms with E-state index in [0.29, 0.717) is 55.8 Å². The summed E-state index contributed by atoms with van der Waals surface area (Å²) in [5, 5.41) is 2.78. The predicted octanol–water partition coefficient (Wildman–Crippen LogP) is 0.586. The highest BCUT2D eigenvalue weighted by Crippen LogP contribution is 2.15. The second-order valence-electron chi connectivity index (χ2n) is 5.55. The van der Waals surface area contributed by atoms with Crippen LogP contribution in [0.3, 0.4) is 0 Å². The van der Waals surface area contributed by atoms with E-state index in [1.165, 1.54) is 0 Å². The van der Waals surface area contributed by atoms with E-state index in [1.807, 2.05) is 0 Å². The Balaban J connectivity index is 1.69. The highest BCUT2D eigenvalue weighted by molar-refractivity contribution is 5.92. The van der Waals surface area contributed by atoms with Gasteiger partial charge in [-0.2, -0.15) is 0 Å². The molecule has 2 aromatic rings. The van der Waals surface area contributed by atoms with Crippen molar-refractivity contribution in [3.63, 3.8) is 0 Å². The zero-order chi connectivity index (χ0) is 16.9. The zero-order valence-corrected chi connectivity index (χ0v) is 13.4. The lowest BCUT2D eigenvalue weighted by atomic mass is 10.3. The molecule has 0 aromatic carbocycles. The fourth-order valence-electron chi connectivity index (χ4n) is 2.56. The normalized spacial score (nSPS) is 14.5. The number of carbonyl (C=O) groups excluding carboxylic acids is 2. The fraction of sp³-hybridized carbons (Fsp3) is 0.375.